The Kier molecular flexibility index (Phi) is 4.07. The highest BCUT2D eigenvalue weighted by Gasteiger charge is 2.05. The average Bonchev–Trinajstić information content (AvgIpc) is 2.95. The summed E-state index contributed by atoms with van der Waals surface area (Å²) in [6.45, 7) is 0.951. The monoisotopic (exact) mass is 237 g/mol. The zero-order chi connectivity index (χ0) is 11.2. The number of hydrogen-bond donors (Lipinski definition) is 1. The third-order valence-electron chi connectivity index (χ3n) is 2.26. The van der Waals surface area contributed by atoms with Crippen LogP contribution in [-0.4, -0.2) is 23.8 Å². The van der Waals surface area contributed by atoms with Crippen LogP contribution in [0.25, 0.3) is 0 Å². The van der Waals surface area contributed by atoms with Gasteiger partial charge < -0.3 is 9.73 Å². The lowest BCUT2D eigenvalue weighted by molar-refractivity contribution is 0.508. The number of nitrogens with one attached hydrogen (secondary N) is 1. The van der Waals surface area contributed by atoms with Gasteiger partial charge in [0.2, 0.25) is 0 Å². The fourth-order valence-electron chi connectivity index (χ4n) is 1.41. The zero-order valence-electron chi connectivity index (χ0n) is 9.27. The van der Waals surface area contributed by atoms with Crippen molar-refractivity contribution in [2.75, 3.05) is 13.6 Å². The first-order chi connectivity index (χ1) is 7.88. The molecule has 0 amide bonds. The van der Waals surface area contributed by atoms with E-state index in [0.29, 0.717) is 0 Å². The molecule has 0 unspecified atom stereocenters. The molecule has 2 aromatic rings. The average molecular weight is 237 g/mol. The summed E-state index contributed by atoms with van der Waals surface area (Å²) in [7, 11) is 1.94. The van der Waals surface area contributed by atoms with Gasteiger partial charge in [-0.15, -0.1) is 21.5 Å². The second-order valence-electron chi connectivity index (χ2n) is 3.52. The summed E-state index contributed by atoms with van der Waals surface area (Å²) in [6.07, 6.45) is 4.46. The normalized spacial score (nSPS) is 10.8. The molecule has 0 aliphatic carbocycles. The molecule has 4 nitrogen and oxygen atoms in total. The summed E-state index contributed by atoms with van der Waals surface area (Å²) in [6, 6.07) is 3.90. The van der Waals surface area contributed by atoms with E-state index in [9.17, 15) is 0 Å². The van der Waals surface area contributed by atoms with Crippen molar-refractivity contribution in [2.45, 2.75) is 19.3 Å². The molecule has 16 heavy (non-hydrogen) atoms. The van der Waals surface area contributed by atoms with Gasteiger partial charge in [0.25, 0.3) is 0 Å². The van der Waals surface area contributed by atoms with Gasteiger partial charge >= 0.3 is 0 Å². The van der Waals surface area contributed by atoms with Crippen LogP contribution in [0.4, 0.5) is 0 Å². The van der Waals surface area contributed by atoms with Gasteiger partial charge in [-0.25, -0.2) is 0 Å². The van der Waals surface area contributed by atoms with Crippen LogP contribution in [0, 0.1) is 0 Å². The highest BCUT2D eigenvalue weighted by Crippen LogP contribution is 2.13. The molecular weight excluding hydrogens is 222 g/mol. The van der Waals surface area contributed by atoms with Crippen molar-refractivity contribution in [1.82, 2.24) is 15.5 Å². The molecule has 0 aromatic carbocycles. The number of nitrogens with zero attached hydrogens (tertiary/aromatic N) is 2. The Balaban J connectivity index is 1.83. The zero-order valence-corrected chi connectivity index (χ0v) is 10.1. The van der Waals surface area contributed by atoms with Crippen LogP contribution in [0.3, 0.4) is 0 Å². The molecule has 0 saturated carbocycles. The summed E-state index contributed by atoms with van der Waals surface area (Å²) in [4.78, 5) is 0. The van der Waals surface area contributed by atoms with Crippen molar-refractivity contribution in [1.29, 1.82) is 0 Å². The van der Waals surface area contributed by atoms with E-state index in [2.05, 4.69) is 15.5 Å². The van der Waals surface area contributed by atoms with Crippen molar-refractivity contribution in [2.24, 2.45) is 0 Å². The minimum absolute atomic E-state index is 0.896. The lowest BCUT2D eigenvalue weighted by Crippen LogP contribution is -2.09. The maximum absolute atomic E-state index is 5.27. The third kappa shape index (κ3) is 3.15. The maximum atomic E-state index is 5.27. The summed E-state index contributed by atoms with van der Waals surface area (Å²) >= 11 is 1.69. The second kappa shape index (κ2) is 5.77. The third-order valence-corrected chi connectivity index (χ3v) is 3.31. The van der Waals surface area contributed by atoms with Crippen LogP contribution in [0.1, 0.15) is 15.8 Å². The SMILES string of the molecule is CNCCc1nnc(CCc2ccco2)s1. The van der Waals surface area contributed by atoms with E-state index in [0.717, 1.165) is 41.6 Å². The summed E-state index contributed by atoms with van der Waals surface area (Å²) in [5.41, 5.74) is 0. The van der Waals surface area contributed by atoms with Crippen LogP contribution in [0.15, 0.2) is 22.8 Å². The van der Waals surface area contributed by atoms with Crippen molar-refractivity contribution in [3.05, 3.63) is 34.2 Å². The Morgan fingerprint density at radius 1 is 1.25 bits per heavy atom. The van der Waals surface area contributed by atoms with E-state index in [1.54, 1.807) is 17.6 Å². The van der Waals surface area contributed by atoms with Gasteiger partial charge in [0, 0.05) is 25.8 Å². The molecule has 0 bridgehead atoms. The Morgan fingerprint density at radius 3 is 2.75 bits per heavy atom. The molecule has 86 valence electrons. The smallest absolute Gasteiger partial charge is 0.118 e. The first-order valence-electron chi connectivity index (χ1n) is 5.36. The van der Waals surface area contributed by atoms with Crippen LogP contribution in [0.5, 0.6) is 0 Å². The van der Waals surface area contributed by atoms with Crippen molar-refractivity contribution < 1.29 is 4.42 Å². The Hall–Kier alpha value is -1.20. The van der Waals surface area contributed by atoms with Crippen LogP contribution in [0.2, 0.25) is 0 Å². The summed E-state index contributed by atoms with van der Waals surface area (Å²) in [5, 5.41) is 13.6. The lowest BCUT2D eigenvalue weighted by atomic mass is 10.2. The molecule has 5 heteroatoms. The first kappa shape index (κ1) is 11.3. The summed E-state index contributed by atoms with van der Waals surface area (Å²) < 4.78 is 5.27. The van der Waals surface area contributed by atoms with Crippen LogP contribution >= 0.6 is 11.3 Å². The number of likely N-dealkylation sites (N-methyl/N-ethyl adjacent to an activating group) is 1. The molecule has 0 aliphatic rings. The predicted octanol–water partition coefficient (Wildman–Crippen LogP) is 1.68. The quantitative estimate of drug-likeness (QED) is 0.830. The Labute approximate surface area is 98.7 Å². The van der Waals surface area contributed by atoms with E-state index < -0.39 is 0 Å². The minimum Gasteiger partial charge on any atom is -0.469 e. The standard InChI is InChI=1S/C11H15N3OS/c1-12-7-6-11-14-13-10(16-11)5-4-9-3-2-8-15-9/h2-3,8,12H,4-7H2,1H3. The van der Waals surface area contributed by atoms with Crippen molar-refractivity contribution in [3.8, 4) is 0 Å². The lowest BCUT2D eigenvalue weighted by Gasteiger charge is -1.93. The van der Waals surface area contributed by atoms with E-state index >= 15 is 0 Å². The van der Waals surface area contributed by atoms with Crippen LogP contribution < -0.4 is 5.32 Å². The molecule has 2 heterocycles. The molecule has 2 aromatic heterocycles. The molecule has 0 atom stereocenters. The fraction of sp³-hybridized carbons (Fsp3) is 0.455. The van der Waals surface area contributed by atoms with Gasteiger partial charge in [-0.3, -0.25) is 0 Å². The topological polar surface area (TPSA) is 51.0 Å². The molecule has 0 radical (unpaired) electrons. The number of aromatic nitrogens is 2. The summed E-state index contributed by atoms with van der Waals surface area (Å²) in [5.74, 6) is 1.01. The molecular formula is C11H15N3OS. The number of rotatable bonds is 6. The fourth-order valence-corrected chi connectivity index (χ4v) is 2.25. The van der Waals surface area contributed by atoms with Gasteiger partial charge in [0.05, 0.1) is 6.26 Å². The van der Waals surface area contributed by atoms with Gasteiger partial charge in [-0.05, 0) is 19.2 Å². The highest BCUT2D eigenvalue weighted by atomic mass is 32.1. The number of hydrogen-bond acceptors (Lipinski definition) is 5. The van der Waals surface area contributed by atoms with E-state index in [1.807, 2.05) is 19.2 Å². The molecule has 2 rings (SSSR count). The minimum atomic E-state index is 0.896. The van der Waals surface area contributed by atoms with Gasteiger partial charge in [-0.2, -0.15) is 0 Å². The number of aryl methyl sites for hydroxylation is 2. The maximum Gasteiger partial charge on any atom is 0.118 e. The predicted molar refractivity (Wildman–Crippen MR) is 63.7 cm³/mol. The largest absolute Gasteiger partial charge is 0.469 e. The molecule has 0 spiro atoms. The number of furan rings is 1. The van der Waals surface area contributed by atoms with E-state index in [-0.39, 0.29) is 0 Å². The van der Waals surface area contributed by atoms with E-state index in [4.69, 9.17) is 4.42 Å². The Morgan fingerprint density at radius 2 is 2.06 bits per heavy atom. The van der Waals surface area contributed by atoms with Gasteiger partial charge in [0.15, 0.2) is 0 Å². The van der Waals surface area contributed by atoms with Crippen molar-refractivity contribution >= 4 is 11.3 Å². The molecule has 0 aliphatic heterocycles. The molecule has 1 N–H and O–H groups in total. The first-order valence-corrected chi connectivity index (χ1v) is 6.18. The molecule has 0 saturated heterocycles. The highest BCUT2D eigenvalue weighted by molar-refractivity contribution is 7.11. The van der Waals surface area contributed by atoms with Crippen molar-refractivity contribution in [3.63, 3.8) is 0 Å². The Bertz CT molecular complexity index is 411. The van der Waals surface area contributed by atoms with Gasteiger partial charge in [-0.1, -0.05) is 0 Å². The van der Waals surface area contributed by atoms with E-state index in [1.165, 1.54) is 0 Å². The van der Waals surface area contributed by atoms with Gasteiger partial charge in [0.1, 0.15) is 15.8 Å². The second-order valence-corrected chi connectivity index (χ2v) is 4.67. The molecule has 0 fully saturated rings. The van der Waals surface area contributed by atoms with Crippen LogP contribution in [-0.2, 0) is 19.3 Å².